The summed E-state index contributed by atoms with van der Waals surface area (Å²) >= 11 is 1.43. The molecule has 0 aromatic carbocycles. The van der Waals surface area contributed by atoms with E-state index in [9.17, 15) is 4.79 Å². The minimum absolute atomic E-state index is 0.0552. The van der Waals surface area contributed by atoms with Gasteiger partial charge < -0.3 is 9.88 Å². The Morgan fingerprint density at radius 2 is 2.10 bits per heavy atom. The molecule has 0 radical (unpaired) electrons. The molecular weight excluding hydrogens is 274 g/mol. The van der Waals surface area contributed by atoms with Crippen LogP contribution in [0.15, 0.2) is 29.8 Å². The van der Waals surface area contributed by atoms with Gasteiger partial charge in [-0.05, 0) is 20.8 Å². The van der Waals surface area contributed by atoms with Crippen LogP contribution in [0.4, 0.5) is 5.82 Å². The molecule has 1 unspecified atom stereocenters. The lowest BCUT2D eigenvalue weighted by Crippen LogP contribution is -2.24. The average Bonchev–Trinajstić information content (AvgIpc) is 2.99. The number of nitrogens with zero attached hydrogens (tertiary/aromatic N) is 4. The Bertz CT molecular complexity index is 589. The first kappa shape index (κ1) is 14.6. The minimum atomic E-state index is -0.230. The zero-order valence-corrected chi connectivity index (χ0v) is 12.9. The number of carbonyl (C=O) groups excluding carboxylic acids is 1. The van der Waals surface area contributed by atoms with Gasteiger partial charge in [-0.3, -0.25) is 4.79 Å². The Balaban J connectivity index is 2.01. The molecule has 1 N–H and O–H groups in total. The fraction of sp³-hybridized carbons (Fsp3) is 0.462. The molecule has 1 amide bonds. The van der Waals surface area contributed by atoms with E-state index < -0.39 is 0 Å². The molecule has 0 fully saturated rings. The van der Waals surface area contributed by atoms with E-state index in [1.54, 1.807) is 23.1 Å². The molecule has 0 saturated carbocycles. The van der Waals surface area contributed by atoms with Crippen molar-refractivity contribution in [2.45, 2.75) is 37.2 Å². The van der Waals surface area contributed by atoms with Gasteiger partial charge in [0.15, 0.2) is 5.16 Å². The molecule has 0 bridgehead atoms. The van der Waals surface area contributed by atoms with Crippen molar-refractivity contribution in [1.29, 1.82) is 0 Å². The zero-order chi connectivity index (χ0) is 14.7. The van der Waals surface area contributed by atoms with Gasteiger partial charge in [0, 0.05) is 31.5 Å². The highest BCUT2D eigenvalue weighted by molar-refractivity contribution is 8.00. The second-order valence-corrected chi connectivity index (χ2v) is 6.13. The van der Waals surface area contributed by atoms with Crippen LogP contribution in [-0.4, -0.2) is 30.5 Å². The van der Waals surface area contributed by atoms with Crippen molar-refractivity contribution in [3.05, 3.63) is 24.7 Å². The number of nitrogens with one attached hydrogen (secondary N) is 1. The van der Waals surface area contributed by atoms with Crippen molar-refractivity contribution in [2.75, 3.05) is 5.32 Å². The number of imidazole rings is 1. The zero-order valence-electron chi connectivity index (χ0n) is 12.1. The van der Waals surface area contributed by atoms with Crippen LogP contribution in [0.3, 0.4) is 0 Å². The van der Waals surface area contributed by atoms with Gasteiger partial charge in [-0.25, -0.2) is 9.67 Å². The van der Waals surface area contributed by atoms with Crippen LogP contribution in [0.1, 0.15) is 26.8 Å². The molecule has 6 nitrogen and oxygen atoms in total. The van der Waals surface area contributed by atoms with Crippen molar-refractivity contribution in [3.63, 3.8) is 0 Å². The summed E-state index contributed by atoms with van der Waals surface area (Å²) in [5.41, 5.74) is 0. The molecule has 2 rings (SSSR count). The van der Waals surface area contributed by atoms with E-state index in [-0.39, 0.29) is 17.2 Å². The van der Waals surface area contributed by atoms with Crippen LogP contribution >= 0.6 is 11.8 Å². The van der Waals surface area contributed by atoms with Gasteiger partial charge >= 0.3 is 0 Å². The van der Waals surface area contributed by atoms with Crippen LogP contribution in [-0.2, 0) is 11.8 Å². The maximum atomic E-state index is 12.2. The van der Waals surface area contributed by atoms with E-state index in [1.165, 1.54) is 11.8 Å². The second kappa shape index (κ2) is 6.13. The number of aryl methyl sites for hydroxylation is 1. The lowest BCUT2D eigenvalue weighted by Gasteiger charge is -2.14. The van der Waals surface area contributed by atoms with Gasteiger partial charge in [0.1, 0.15) is 5.82 Å². The van der Waals surface area contributed by atoms with E-state index >= 15 is 0 Å². The van der Waals surface area contributed by atoms with Gasteiger partial charge in [-0.15, -0.1) is 0 Å². The normalized spacial score (nSPS) is 12.7. The molecule has 0 aliphatic rings. The number of thioether (sulfide) groups is 1. The maximum absolute atomic E-state index is 12.2. The predicted molar refractivity (Wildman–Crippen MR) is 79.8 cm³/mol. The number of anilines is 1. The maximum Gasteiger partial charge on any atom is 0.238 e. The Morgan fingerprint density at radius 1 is 1.35 bits per heavy atom. The molecule has 2 aromatic heterocycles. The number of hydrogen-bond acceptors (Lipinski definition) is 4. The molecule has 0 aliphatic carbocycles. The molecule has 7 heteroatoms. The monoisotopic (exact) mass is 293 g/mol. The summed E-state index contributed by atoms with van der Waals surface area (Å²) in [6.45, 7) is 5.91. The highest BCUT2D eigenvalue weighted by Gasteiger charge is 2.18. The Morgan fingerprint density at radius 3 is 2.70 bits per heavy atom. The summed E-state index contributed by atoms with van der Waals surface area (Å²) in [6.07, 6.45) is 5.27. The van der Waals surface area contributed by atoms with Crippen LogP contribution in [0.5, 0.6) is 0 Å². The van der Waals surface area contributed by atoms with E-state index in [0.29, 0.717) is 0 Å². The first-order valence-corrected chi connectivity index (χ1v) is 7.35. The van der Waals surface area contributed by atoms with Gasteiger partial charge in [0.05, 0.1) is 11.4 Å². The number of amides is 1. The van der Waals surface area contributed by atoms with E-state index in [0.717, 1.165) is 11.0 Å². The summed E-state index contributed by atoms with van der Waals surface area (Å²) < 4.78 is 3.68. The van der Waals surface area contributed by atoms with Crippen LogP contribution in [0, 0.1) is 0 Å². The van der Waals surface area contributed by atoms with Crippen molar-refractivity contribution in [2.24, 2.45) is 7.05 Å². The fourth-order valence-corrected chi connectivity index (χ4v) is 2.56. The summed E-state index contributed by atoms with van der Waals surface area (Å²) in [7, 11) is 1.91. The fourth-order valence-electron chi connectivity index (χ4n) is 1.73. The number of carbonyl (C=O) groups is 1. The van der Waals surface area contributed by atoms with Crippen molar-refractivity contribution < 1.29 is 4.79 Å². The lowest BCUT2D eigenvalue weighted by molar-refractivity contribution is -0.115. The van der Waals surface area contributed by atoms with Gasteiger partial charge in [-0.2, -0.15) is 5.10 Å². The van der Waals surface area contributed by atoms with Crippen molar-refractivity contribution in [3.8, 4) is 0 Å². The van der Waals surface area contributed by atoms with Crippen LogP contribution < -0.4 is 5.32 Å². The quantitative estimate of drug-likeness (QED) is 0.859. The first-order chi connectivity index (χ1) is 9.49. The Labute approximate surface area is 122 Å². The smallest absolute Gasteiger partial charge is 0.238 e. The average molecular weight is 293 g/mol. The highest BCUT2D eigenvalue weighted by Crippen LogP contribution is 2.22. The molecular formula is C13H19N5OS. The van der Waals surface area contributed by atoms with Crippen molar-refractivity contribution in [1.82, 2.24) is 19.3 Å². The van der Waals surface area contributed by atoms with Crippen LogP contribution in [0.25, 0.3) is 0 Å². The second-order valence-electron chi connectivity index (χ2n) is 4.82. The molecule has 2 heterocycles. The number of aromatic nitrogens is 4. The highest BCUT2D eigenvalue weighted by atomic mass is 32.2. The lowest BCUT2D eigenvalue weighted by atomic mass is 10.4. The summed E-state index contributed by atoms with van der Waals surface area (Å²) in [5.74, 6) is 0.665. The summed E-state index contributed by atoms with van der Waals surface area (Å²) in [5, 5.41) is 7.70. The van der Waals surface area contributed by atoms with Crippen molar-refractivity contribution >= 4 is 23.5 Å². The largest absolute Gasteiger partial charge is 0.329 e. The molecule has 20 heavy (non-hydrogen) atoms. The molecule has 0 spiro atoms. The van der Waals surface area contributed by atoms with Crippen LogP contribution in [0.2, 0.25) is 0 Å². The van der Waals surface area contributed by atoms with Gasteiger partial charge in [0.25, 0.3) is 0 Å². The van der Waals surface area contributed by atoms with E-state index in [4.69, 9.17) is 0 Å². The molecule has 0 aliphatic heterocycles. The predicted octanol–water partition coefficient (Wildman–Crippen LogP) is 2.32. The number of rotatable bonds is 5. The van der Waals surface area contributed by atoms with E-state index in [2.05, 4.69) is 15.4 Å². The Kier molecular flexibility index (Phi) is 4.49. The molecule has 1 atom stereocenters. The third-order valence-electron chi connectivity index (χ3n) is 2.84. The first-order valence-electron chi connectivity index (χ1n) is 6.47. The topological polar surface area (TPSA) is 64.7 Å². The number of hydrogen-bond donors (Lipinski definition) is 1. The standard InChI is InChI=1S/C13H19N5OS/c1-9(2)18-11(5-6-15-18)16-12(19)10(3)20-13-14-7-8-17(13)4/h5-10H,1-4H3,(H,16,19). The summed E-state index contributed by atoms with van der Waals surface area (Å²) in [4.78, 5) is 16.4. The molecule has 2 aromatic rings. The molecule has 108 valence electrons. The molecule has 0 saturated heterocycles. The summed E-state index contributed by atoms with van der Waals surface area (Å²) in [6, 6.07) is 2.01. The van der Waals surface area contributed by atoms with E-state index in [1.807, 2.05) is 38.6 Å². The minimum Gasteiger partial charge on any atom is -0.329 e. The SMILES string of the molecule is CC(Sc1nccn1C)C(=O)Nc1ccnn1C(C)C. The van der Waals surface area contributed by atoms with Gasteiger partial charge in [0.2, 0.25) is 5.91 Å². The third kappa shape index (κ3) is 3.22. The third-order valence-corrected chi connectivity index (χ3v) is 4.01. The Hall–Kier alpha value is -1.76. The van der Waals surface area contributed by atoms with Gasteiger partial charge in [-0.1, -0.05) is 11.8 Å².